The summed E-state index contributed by atoms with van der Waals surface area (Å²) in [5.41, 5.74) is 7.54. The zero-order valence-corrected chi connectivity index (χ0v) is 11.8. The number of nitrogens with zero attached hydrogens (tertiary/aromatic N) is 1. The molecule has 2 aromatic rings. The normalized spacial score (nSPS) is 12.2. The van der Waals surface area contributed by atoms with E-state index < -0.39 is 6.04 Å². The van der Waals surface area contributed by atoms with E-state index in [4.69, 9.17) is 5.73 Å². The number of hydrogen-bond donors (Lipinski definition) is 2. The highest BCUT2D eigenvalue weighted by Gasteiger charge is 2.14. The van der Waals surface area contributed by atoms with Crippen molar-refractivity contribution in [1.29, 1.82) is 0 Å². The minimum atomic E-state index is -0.533. The molecular weight excluding hydrogens is 258 g/mol. The van der Waals surface area contributed by atoms with E-state index in [0.29, 0.717) is 5.13 Å². The van der Waals surface area contributed by atoms with Gasteiger partial charge in [-0.25, -0.2) is 4.98 Å². The number of thiazole rings is 1. The molecule has 0 unspecified atom stereocenters. The van der Waals surface area contributed by atoms with Crippen LogP contribution in [0.5, 0.6) is 0 Å². The topological polar surface area (TPSA) is 68.0 Å². The number of rotatable bonds is 4. The second-order valence-electron chi connectivity index (χ2n) is 4.29. The Morgan fingerprint density at radius 3 is 2.68 bits per heavy atom. The number of aromatic nitrogens is 1. The van der Waals surface area contributed by atoms with Crippen molar-refractivity contribution in [3.05, 3.63) is 35.2 Å². The SMILES string of the molecule is CCc1sc(NC(=O)[C@@H](C)N)nc1-c1ccccc1. The maximum absolute atomic E-state index is 11.6. The maximum Gasteiger partial charge on any atom is 0.242 e. The fourth-order valence-electron chi connectivity index (χ4n) is 1.69. The summed E-state index contributed by atoms with van der Waals surface area (Å²) in [6.45, 7) is 3.74. The zero-order valence-electron chi connectivity index (χ0n) is 11.0. The molecular formula is C14H17N3OS. The van der Waals surface area contributed by atoms with Crippen LogP contribution < -0.4 is 11.1 Å². The molecule has 0 aliphatic heterocycles. The van der Waals surface area contributed by atoms with Gasteiger partial charge < -0.3 is 11.1 Å². The van der Waals surface area contributed by atoms with Crippen LogP contribution in [-0.2, 0) is 11.2 Å². The van der Waals surface area contributed by atoms with Crippen molar-refractivity contribution in [2.45, 2.75) is 26.3 Å². The minimum absolute atomic E-state index is 0.212. The van der Waals surface area contributed by atoms with Crippen LogP contribution in [0.4, 0.5) is 5.13 Å². The molecule has 19 heavy (non-hydrogen) atoms. The minimum Gasteiger partial charge on any atom is -0.320 e. The lowest BCUT2D eigenvalue weighted by Crippen LogP contribution is -2.32. The number of anilines is 1. The van der Waals surface area contributed by atoms with Gasteiger partial charge >= 0.3 is 0 Å². The molecule has 2 rings (SSSR count). The first-order valence-electron chi connectivity index (χ1n) is 6.23. The molecule has 1 aromatic heterocycles. The van der Waals surface area contributed by atoms with Crippen molar-refractivity contribution in [3.8, 4) is 11.3 Å². The molecule has 1 atom stereocenters. The first-order valence-corrected chi connectivity index (χ1v) is 7.05. The number of nitrogens with two attached hydrogens (primary N) is 1. The first kappa shape index (κ1) is 13.7. The van der Waals surface area contributed by atoms with Gasteiger partial charge in [-0.2, -0.15) is 0 Å². The molecule has 3 N–H and O–H groups in total. The van der Waals surface area contributed by atoms with Gasteiger partial charge in [0.2, 0.25) is 5.91 Å². The Bertz CT molecular complexity index is 563. The number of aryl methyl sites for hydroxylation is 1. The molecule has 0 fully saturated rings. The fourth-order valence-corrected chi connectivity index (χ4v) is 2.61. The third-order valence-electron chi connectivity index (χ3n) is 2.71. The van der Waals surface area contributed by atoms with E-state index in [0.717, 1.165) is 22.6 Å². The average molecular weight is 275 g/mol. The quantitative estimate of drug-likeness (QED) is 0.901. The van der Waals surface area contributed by atoms with Crippen LogP contribution in [0.1, 0.15) is 18.7 Å². The zero-order chi connectivity index (χ0) is 13.8. The molecule has 0 bridgehead atoms. The molecule has 100 valence electrons. The summed E-state index contributed by atoms with van der Waals surface area (Å²) in [5, 5.41) is 3.36. The smallest absolute Gasteiger partial charge is 0.242 e. The highest BCUT2D eigenvalue weighted by atomic mass is 32.1. The standard InChI is InChI=1S/C14H17N3OS/c1-3-11-12(10-7-5-4-6-8-10)16-14(19-11)17-13(18)9(2)15/h4-9H,3,15H2,1-2H3,(H,16,17,18)/t9-/m1/s1. The number of carbonyl (C=O) groups is 1. The Morgan fingerprint density at radius 1 is 1.42 bits per heavy atom. The van der Waals surface area contributed by atoms with Gasteiger partial charge in [-0.1, -0.05) is 37.3 Å². The van der Waals surface area contributed by atoms with Crippen molar-refractivity contribution in [2.75, 3.05) is 5.32 Å². The van der Waals surface area contributed by atoms with Gasteiger partial charge in [0.05, 0.1) is 11.7 Å². The van der Waals surface area contributed by atoms with Gasteiger partial charge in [0.1, 0.15) is 0 Å². The maximum atomic E-state index is 11.6. The molecule has 0 saturated carbocycles. The van der Waals surface area contributed by atoms with Crippen molar-refractivity contribution in [2.24, 2.45) is 5.73 Å². The monoisotopic (exact) mass is 275 g/mol. The van der Waals surface area contributed by atoms with Gasteiger partial charge in [0.15, 0.2) is 5.13 Å². The molecule has 0 aliphatic carbocycles. The third-order valence-corrected chi connectivity index (χ3v) is 3.82. The molecule has 0 radical (unpaired) electrons. The van der Waals surface area contributed by atoms with Crippen LogP contribution in [0.3, 0.4) is 0 Å². The molecule has 1 amide bonds. The lowest BCUT2D eigenvalue weighted by atomic mass is 10.1. The van der Waals surface area contributed by atoms with E-state index in [1.807, 2.05) is 30.3 Å². The first-order chi connectivity index (χ1) is 9.11. The molecule has 0 spiro atoms. The third kappa shape index (κ3) is 3.19. The van der Waals surface area contributed by atoms with E-state index in [1.165, 1.54) is 11.3 Å². The molecule has 4 nitrogen and oxygen atoms in total. The van der Waals surface area contributed by atoms with Crippen LogP contribution in [0.25, 0.3) is 11.3 Å². The lowest BCUT2D eigenvalue weighted by molar-refractivity contribution is -0.117. The summed E-state index contributed by atoms with van der Waals surface area (Å²) in [4.78, 5) is 17.3. The molecule has 0 saturated heterocycles. The fraction of sp³-hybridized carbons (Fsp3) is 0.286. The number of hydrogen-bond acceptors (Lipinski definition) is 4. The number of benzene rings is 1. The van der Waals surface area contributed by atoms with E-state index in [1.54, 1.807) is 6.92 Å². The summed E-state index contributed by atoms with van der Waals surface area (Å²) >= 11 is 1.50. The van der Waals surface area contributed by atoms with Crippen LogP contribution in [0, 0.1) is 0 Å². The van der Waals surface area contributed by atoms with Crippen LogP contribution >= 0.6 is 11.3 Å². The largest absolute Gasteiger partial charge is 0.320 e. The second kappa shape index (κ2) is 5.95. The summed E-state index contributed by atoms with van der Waals surface area (Å²) in [5.74, 6) is -0.212. The molecule has 1 heterocycles. The summed E-state index contributed by atoms with van der Waals surface area (Å²) in [6, 6.07) is 9.44. The van der Waals surface area contributed by atoms with Crippen LogP contribution in [0.2, 0.25) is 0 Å². The van der Waals surface area contributed by atoms with Crippen LogP contribution in [0.15, 0.2) is 30.3 Å². The van der Waals surface area contributed by atoms with Gasteiger partial charge in [0.25, 0.3) is 0 Å². The number of nitrogens with one attached hydrogen (secondary N) is 1. The van der Waals surface area contributed by atoms with E-state index in [9.17, 15) is 4.79 Å². The van der Waals surface area contributed by atoms with E-state index >= 15 is 0 Å². The average Bonchev–Trinajstić information content (AvgIpc) is 2.82. The Labute approximate surface area is 116 Å². The Hall–Kier alpha value is -1.72. The van der Waals surface area contributed by atoms with Crippen molar-refractivity contribution in [1.82, 2.24) is 4.98 Å². The van der Waals surface area contributed by atoms with E-state index in [-0.39, 0.29) is 5.91 Å². The highest BCUT2D eigenvalue weighted by Crippen LogP contribution is 2.31. The predicted octanol–water partition coefficient (Wildman–Crippen LogP) is 2.66. The van der Waals surface area contributed by atoms with Crippen molar-refractivity contribution >= 4 is 22.4 Å². The van der Waals surface area contributed by atoms with Crippen molar-refractivity contribution in [3.63, 3.8) is 0 Å². The molecule has 5 heteroatoms. The van der Waals surface area contributed by atoms with Gasteiger partial charge in [-0.3, -0.25) is 4.79 Å². The summed E-state index contributed by atoms with van der Waals surface area (Å²) in [6.07, 6.45) is 0.885. The van der Waals surface area contributed by atoms with Crippen molar-refractivity contribution < 1.29 is 4.79 Å². The van der Waals surface area contributed by atoms with Crippen LogP contribution in [-0.4, -0.2) is 16.9 Å². The van der Waals surface area contributed by atoms with Gasteiger partial charge in [-0.15, -0.1) is 11.3 Å². The van der Waals surface area contributed by atoms with E-state index in [2.05, 4.69) is 17.2 Å². The lowest BCUT2D eigenvalue weighted by Gasteiger charge is -2.03. The molecule has 1 aromatic carbocycles. The highest BCUT2D eigenvalue weighted by molar-refractivity contribution is 7.16. The second-order valence-corrected chi connectivity index (χ2v) is 5.37. The Kier molecular flexibility index (Phi) is 4.29. The van der Waals surface area contributed by atoms with Gasteiger partial charge in [0, 0.05) is 10.4 Å². The number of carbonyl (C=O) groups excluding carboxylic acids is 1. The molecule has 0 aliphatic rings. The van der Waals surface area contributed by atoms with Gasteiger partial charge in [-0.05, 0) is 13.3 Å². The summed E-state index contributed by atoms with van der Waals surface area (Å²) < 4.78 is 0. The Morgan fingerprint density at radius 2 is 2.11 bits per heavy atom. The Balaban J connectivity index is 2.30. The number of amides is 1. The predicted molar refractivity (Wildman–Crippen MR) is 79.2 cm³/mol. The summed E-state index contributed by atoms with van der Waals surface area (Å²) in [7, 11) is 0.